The molecule has 0 radical (unpaired) electrons. The highest BCUT2D eigenvalue weighted by Crippen LogP contribution is 2.39. The third-order valence-electron chi connectivity index (χ3n) is 4.57. The average molecular weight is 339 g/mol. The Bertz CT molecular complexity index is 826. The second kappa shape index (κ2) is 6.29. The van der Waals surface area contributed by atoms with Crippen LogP contribution in [0.4, 0.5) is 5.82 Å². The first-order valence-corrected chi connectivity index (χ1v) is 8.60. The molecule has 122 valence electrons. The Kier molecular flexibility index (Phi) is 3.98. The van der Waals surface area contributed by atoms with Crippen LogP contribution in [0.15, 0.2) is 48.8 Å². The van der Waals surface area contributed by atoms with E-state index in [1.165, 1.54) is 6.42 Å². The maximum Gasteiger partial charge on any atom is 0.158 e. The molecule has 3 aromatic rings. The van der Waals surface area contributed by atoms with Crippen LogP contribution in [0.1, 0.15) is 13.3 Å². The zero-order valence-corrected chi connectivity index (χ0v) is 14.3. The van der Waals surface area contributed by atoms with Crippen molar-refractivity contribution in [3.8, 4) is 22.4 Å². The number of halogens is 1. The van der Waals surface area contributed by atoms with E-state index < -0.39 is 0 Å². The van der Waals surface area contributed by atoms with E-state index >= 15 is 0 Å². The van der Waals surface area contributed by atoms with Gasteiger partial charge >= 0.3 is 0 Å². The van der Waals surface area contributed by atoms with Gasteiger partial charge in [-0.05, 0) is 42.2 Å². The molecule has 1 atom stereocenters. The first-order valence-electron chi connectivity index (χ1n) is 8.22. The monoisotopic (exact) mass is 338 g/mol. The number of aromatic amines is 1. The highest BCUT2D eigenvalue weighted by molar-refractivity contribution is 6.30. The van der Waals surface area contributed by atoms with Gasteiger partial charge in [-0.15, -0.1) is 0 Å². The number of nitrogens with zero attached hydrogens (tertiary/aromatic N) is 3. The lowest BCUT2D eigenvalue weighted by atomic mass is 10.0. The predicted octanol–water partition coefficient (Wildman–Crippen LogP) is 4.64. The molecular weight excluding hydrogens is 320 g/mol. The lowest BCUT2D eigenvalue weighted by Crippen LogP contribution is -2.20. The molecular formula is C19H19ClN4. The lowest BCUT2D eigenvalue weighted by Gasteiger charge is -2.17. The highest BCUT2D eigenvalue weighted by Gasteiger charge is 2.26. The van der Waals surface area contributed by atoms with Gasteiger partial charge in [-0.2, -0.15) is 5.10 Å². The smallest absolute Gasteiger partial charge is 0.158 e. The summed E-state index contributed by atoms with van der Waals surface area (Å²) in [6.07, 6.45) is 4.85. The van der Waals surface area contributed by atoms with Crippen molar-refractivity contribution < 1.29 is 0 Å². The van der Waals surface area contributed by atoms with Crippen LogP contribution in [0.25, 0.3) is 22.4 Å². The number of pyridine rings is 1. The van der Waals surface area contributed by atoms with E-state index in [2.05, 4.69) is 27.0 Å². The van der Waals surface area contributed by atoms with Gasteiger partial charge in [0, 0.05) is 36.1 Å². The number of H-pyrrole nitrogens is 1. The number of rotatable bonds is 3. The summed E-state index contributed by atoms with van der Waals surface area (Å²) in [5.41, 5.74) is 4.36. The lowest BCUT2D eigenvalue weighted by molar-refractivity contribution is 0.659. The van der Waals surface area contributed by atoms with Crippen molar-refractivity contribution in [1.82, 2.24) is 15.2 Å². The molecule has 0 spiro atoms. The van der Waals surface area contributed by atoms with Crippen LogP contribution in [0.5, 0.6) is 0 Å². The van der Waals surface area contributed by atoms with Crippen molar-refractivity contribution in [2.45, 2.75) is 13.3 Å². The van der Waals surface area contributed by atoms with Crippen molar-refractivity contribution in [1.29, 1.82) is 0 Å². The maximum absolute atomic E-state index is 6.04. The third-order valence-corrected chi connectivity index (χ3v) is 4.82. The topological polar surface area (TPSA) is 44.8 Å². The van der Waals surface area contributed by atoms with E-state index in [1.807, 2.05) is 48.8 Å². The third kappa shape index (κ3) is 2.78. The molecule has 0 saturated carbocycles. The van der Waals surface area contributed by atoms with Crippen molar-refractivity contribution in [3.05, 3.63) is 53.8 Å². The van der Waals surface area contributed by atoms with E-state index in [0.29, 0.717) is 5.92 Å². The summed E-state index contributed by atoms with van der Waals surface area (Å²) in [4.78, 5) is 6.52. The fourth-order valence-corrected chi connectivity index (χ4v) is 3.43. The Morgan fingerprint density at radius 1 is 1.08 bits per heavy atom. The van der Waals surface area contributed by atoms with Gasteiger partial charge in [-0.25, -0.2) is 0 Å². The Morgan fingerprint density at radius 2 is 1.83 bits per heavy atom. The van der Waals surface area contributed by atoms with Crippen LogP contribution in [0.3, 0.4) is 0 Å². The molecule has 1 saturated heterocycles. The van der Waals surface area contributed by atoms with Crippen LogP contribution in [-0.2, 0) is 0 Å². The molecule has 0 aliphatic carbocycles. The van der Waals surface area contributed by atoms with Crippen molar-refractivity contribution in [3.63, 3.8) is 0 Å². The fourth-order valence-electron chi connectivity index (χ4n) is 3.31. The van der Waals surface area contributed by atoms with E-state index in [-0.39, 0.29) is 0 Å². The molecule has 1 aliphatic heterocycles. The quantitative estimate of drug-likeness (QED) is 0.756. The van der Waals surface area contributed by atoms with Gasteiger partial charge in [0.05, 0.1) is 11.3 Å². The van der Waals surface area contributed by atoms with E-state index in [4.69, 9.17) is 11.6 Å². The minimum atomic E-state index is 0.700. The number of anilines is 1. The number of benzene rings is 1. The predicted molar refractivity (Wildman–Crippen MR) is 98.3 cm³/mol. The molecule has 1 N–H and O–H groups in total. The van der Waals surface area contributed by atoms with Crippen molar-refractivity contribution >= 4 is 17.4 Å². The zero-order valence-electron chi connectivity index (χ0n) is 13.5. The number of nitrogens with one attached hydrogen (secondary N) is 1. The summed E-state index contributed by atoms with van der Waals surface area (Å²) >= 11 is 6.04. The van der Waals surface area contributed by atoms with Gasteiger partial charge in [0.1, 0.15) is 0 Å². The SMILES string of the molecule is CC1CCN(c2n[nH]c(-c3ccc(Cl)cc3)c2-c2ccncc2)C1. The molecule has 1 fully saturated rings. The standard InChI is InChI=1S/C19H19ClN4/c1-13-8-11-24(12-13)19-17(14-6-9-21-10-7-14)18(22-23-19)15-2-4-16(20)5-3-15/h2-7,9-10,13H,8,11-12H2,1H3,(H,22,23). The minimum Gasteiger partial charge on any atom is -0.354 e. The van der Waals surface area contributed by atoms with Crippen LogP contribution < -0.4 is 4.90 Å². The van der Waals surface area contributed by atoms with Gasteiger partial charge < -0.3 is 4.90 Å². The van der Waals surface area contributed by atoms with Crippen LogP contribution in [-0.4, -0.2) is 28.3 Å². The van der Waals surface area contributed by atoms with E-state index in [9.17, 15) is 0 Å². The van der Waals surface area contributed by atoms with Gasteiger partial charge in [-0.1, -0.05) is 30.7 Å². The fraction of sp³-hybridized carbons (Fsp3) is 0.263. The summed E-state index contributed by atoms with van der Waals surface area (Å²) in [6, 6.07) is 11.9. The summed E-state index contributed by atoms with van der Waals surface area (Å²) in [5.74, 6) is 1.72. The second-order valence-corrected chi connectivity index (χ2v) is 6.82. The summed E-state index contributed by atoms with van der Waals surface area (Å²) in [5, 5.41) is 8.63. The molecule has 24 heavy (non-hydrogen) atoms. The first-order chi connectivity index (χ1) is 11.7. The van der Waals surface area contributed by atoms with Gasteiger partial charge in [-0.3, -0.25) is 10.1 Å². The Labute approximate surface area is 146 Å². The van der Waals surface area contributed by atoms with E-state index in [1.54, 1.807) is 0 Å². The highest BCUT2D eigenvalue weighted by atomic mass is 35.5. The maximum atomic E-state index is 6.04. The summed E-state index contributed by atoms with van der Waals surface area (Å²) in [7, 11) is 0. The van der Waals surface area contributed by atoms with Gasteiger partial charge in [0.15, 0.2) is 5.82 Å². The molecule has 1 unspecified atom stereocenters. The number of hydrogen-bond donors (Lipinski definition) is 1. The summed E-state index contributed by atoms with van der Waals surface area (Å²) < 4.78 is 0. The van der Waals surface area contributed by atoms with Crippen LogP contribution in [0.2, 0.25) is 5.02 Å². The molecule has 3 heterocycles. The Hall–Kier alpha value is -2.33. The zero-order chi connectivity index (χ0) is 16.5. The minimum absolute atomic E-state index is 0.700. The van der Waals surface area contributed by atoms with Gasteiger partial charge in [0.2, 0.25) is 0 Å². The molecule has 2 aromatic heterocycles. The largest absolute Gasteiger partial charge is 0.354 e. The Balaban J connectivity index is 1.85. The van der Waals surface area contributed by atoms with Crippen molar-refractivity contribution in [2.24, 2.45) is 5.92 Å². The number of aromatic nitrogens is 3. The average Bonchev–Trinajstić information content (AvgIpc) is 3.22. The molecule has 5 heteroatoms. The van der Waals surface area contributed by atoms with Crippen LogP contribution >= 0.6 is 11.6 Å². The van der Waals surface area contributed by atoms with Crippen LogP contribution in [0, 0.1) is 5.92 Å². The molecule has 1 aromatic carbocycles. The normalized spacial score (nSPS) is 17.4. The van der Waals surface area contributed by atoms with Gasteiger partial charge in [0.25, 0.3) is 0 Å². The number of hydrogen-bond acceptors (Lipinski definition) is 3. The molecule has 4 nitrogen and oxygen atoms in total. The van der Waals surface area contributed by atoms with Crippen molar-refractivity contribution in [2.75, 3.05) is 18.0 Å². The molecule has 0 bridgehead atoms. The summed E-state index contributed by atoms with van der Waals surface area (Å²) in [6.45, 7) is 4.38. The molecule has 1 aliphatic rings. The second-order valence-electron chi connectivity index (χ2n) is 6.38. The molecule has 0 amide bonds. The first kappa shape index (κ1) is 15.2. The Morgan fingerprint density at radius 3 is 2.50 bits per heavy atom. The molecule has 4 rings (SSSR count). The van der Waals surface area contributed by atoms with E-state index in [0.717, 1.165) is 46.3 Å².